The zero-order chi connectivity index (χ0) is 33.5. The number of rotatable bonds is 12. The number of carbonyl (C=O) groups is 2. The fraction of sp³-hybridized carbons (Fsp3) is 0.316. The monoisotopic (exact) mass is 639 g/mol. The molecule has 0 aliphatic heterocycles. The van der Waals surface area contributed by atoms with Gasteiger partial charge in [-0.15, -0.1) is 0 Å². The molecular weight excluding hydrogens is 595 g/mol. The van der Waals surface area contributed by atoms with Crippen LogP contribution in [0.3, 0.4) is 0 Å². The van der Waals surface area contributed by atoms with Gasteiger partial charge in [0.25, 0.3) is 10.0 Å². The summed E-state index contributed by atoms with van der Waals surface area (Å²) in [7, 11) is -4.14. The van der Waals surface area contributed by atoms with Crippen molar-refractivity contribution in [1.82, 2.24) is 10.2 Å². The lowest BCUT2D eigenvalue weighted by Gasteiger charge is -2.35. The number of hydrogen-bond donors (Lipinski definition) is 1. The van der Waals surface area contributed by atoms with Crippen LogP contribution in [-0.4, -0.2) is 43.3 Å². The zero-order valence-corrected chi connectivity index (χ0v) is 28.4. The van der Waals surface area contributed by atoms with E-state index >= 15 is 0 Å². The second-order valence-corrected chi connectivity index (χ2v) is 14.9. The van der Waals surface area contributed by atoms with Gasteiger partial charge < -0.3 is 10.2 Å². The lowest BCUT2D eigenvalue weighted by Crippen LogP contribution is -2.56. The summed E-state index contributed by atoms with van der Waals surface area (Å²) < 4.78 is 29.5. The van der Waals surface area contributed by atoms with E-state index in [1.165, 1.54) is 17.0 Å². The molecule has 1 atom stereocenters. The number of benzene rings is 4. The van der Waals surface area contributed by atoms with Crippen molar-refractivity contribution in [2.45, 2.75) is 76.9 Å². The molecule has 4 aromatic rings. The van der Waals surface area contributed by atoms with Crippen LogP contribution in [0, 0.1) is 6.92 Å². The van der Waals surface area contributed by atoms with Gasteiger partial charge in [0.2, 0.25) is 11.8 Å². The van der Waals surface area contributed by atoms with Gasteiger partial charge in [0.1, 0.15) is 12.6 Å². The van der Waals surface area contributed by atoms with Gasteiger partial charge in [0.05, 0.1) is 10.6 Å². The lowest BCUT2D eigenvalue weighted by molar-refractivity contribution is -0.140. The average Bonchev–Trinajstić information content (AvgIpc) is 3.01. The van der Waals surface area contributed by atoms with E-state index in [2.05, 4.69) is 19.2 Å². The summed E-state index contributed by atoms with van der Waals surface area (Å²) in [6, 6.07) is 31.8. The summed E-state index contributed by atoms with van der Waals surface area (Å²) in [5.74, 6) is -0.546. The number of sulfonamides is 1. The quantitative estimate of drug-likeness (QED) is 0.183. The molecule has 7 nitrogen and oxygen atoms in total. The van der Waals surface area contributed by atoms with Crippen molar-refractivity contribution in [2.24, 2.45) is 0 Å². The number of aryl methyl sites for hydroxylation is 1. The molecule has 242 valence electrons. The Kier molecular flexibility index (Phi) is 11.1. The standard InChI is InChI=1S/C38H45N3O4S/c1-28(2)32-20-22-33(23-21-32)41(46(44,45)34-18-11-8-12-19-34)27-36(42)40(26-31-17-13-14-29(3)24-31)35(37(43)39-38(4,5)6)25-30-15-9-7-10-16-30/h7-24,28,35H,25-27H2,1-6H3,(H,39,43)/t35-/m0/s1. The number of nitrogens with zero attached hydrogens (tertiary/aromatic N) is 2. The van der Waals surface area contributed by atoms with Crippen LogP contribution < -0.4 is 9.62 Å². The number of hydrogen-bond acceptors (Lipinski definition) is 4. The van der Waals surface area contributed by atoms with E-state index in [4.69, 9.17) is 0 Å². The van der Waals surface area contributed by atoms with Gasteiger partial charge in [-0.3, -0.25) is 13.9 Å². The molecule has 0 saturated heterocycles. The van der Waals surface area contributed by atoms with Crippen molar-refractivity contribution < 1.29 is 18.0 Å². The maximum Gasteiger partial charge on any atom is 0.264 e. The number of amides is 2. The van der Waals surface area contributed by atoms with Gasteiger partial charge in [-0.05, 0) is 74.6 Å². The van der Waals surface area contributed by atoms with Crippen LogP contribution in [0.5, 0.6) is 0 Å². The van der Waals surface area contributed by atoms with E-state index < -0.39 is 34.1 Å². The van der Waals surface area contributed by atoms with Crippen LogP contribution in [0.1, 0.15) is 62.8 Å². The number of carbonyl (C=O) groups excluding carboxylic acids is 2. The van der Waals surface area contributed by atoms with Crippen LogP contribution in [0.4, 0.5) is 5.69 Å². The van der Waals surface area contributed by atoms with Gasteiger partial charge in [0, 0.05) is 18.5 Å². The van der Waals surface area contributed by atoms with Crippen molar-refractivity contribution in [3.05, 3.63) is 131 Å². The van der Waals surface area contributed by atoms with Gasteiger partial charge in [0.15, 0.2) is 0 Å². The largest absolute Gasteiger partial charge is 0.350 e. The Morgan fingerprint density at radius 3 is 1.93 bits per heavy atom. The van der Waals surface area contributed by atoms with Gasteiger partial charge in [-0.25, -0.2) is 8.42 Å². The second-order valence-electron chi connectivity index (χ2n) is 13.0. The summed E-state index contributed by atoms with van der Waals surface area (Å²) in [6.45, 7) is 11.4. The third kappa shape index (κ3) is 9.07. The van der Waals surface area contributed by atoms with Crippen molar-refractivity contribution in [2.75, 3.05) is 10.8 Å². The highest BCUT2D eigenvalue weighted by Crippen LogP contribution is 2.27. The summed E-state index contributed by atoms with van der Waals surface area (Å²) in [4.78, 5) is 30.2. The molecule has 4 aromatic carbocycles. The average molecular weight is 640 g/mol. The highest BCUT2D eigenvalue weighted by molar-refractivity contribution is 7.92. The minimum absolute atomic E-state index is 0.0762. The molecule has 1 N–H and O–H groups in total. The van der Waals surface area contributed by atoms with Gasteiger partial charge in [-0.2, -0.15) is 0 Å². The SMILES string of the molecule is Cc1cccc(CN(C(=O)CN(c2ccc(C(C)C)cc2)S(=O)(=O)c2ccccc2)[C@@H](Cc2ccccc2)C(=O)NC(C)(C)C)c1. The van der Waals surface area contributed by atoms with Gasteiger partial charge in [-0.1, -0.05) is 104 Å². The van der Waals surface area contributed by atoms with Crippen LogP contribution >= 0.6 is 0 Å². The fourth-order valence-corrected chi connectivity index (χ4v) is 6.72. The Morgan fingerprint density at radius 1 is 0.783 bits per heavy atom. The van der Waals surface area contributed by atoms with E-state index in [0.29, 0.717) is 5.69 Å². The Balaban J connectivity index is 1.82. The second kappa shape index (κ2) is 14.8. The first-order chi connectivity index (χ1) is 21.7. The van der Waals surface area contributed by atoms with Crippen LogP contribution in [-0.2, 0) is 32.6 Å². The van der Waals surface area contributed by atoms with E-state index in [-0.39, 0.29) is 29.7 Å². The molecule has 2 amide bonds. The predicted octanol–water partition coefficient (Wildman–Crippen LogP) is 6.87. The van der Waals surface area contributed by atoms with Crippen LogP contribution in [0.25, 0.3) is 0 Å². The smallest absolute Gasteiger partial charge is 0.264 e. The minimum atomic E-state index is -4.14. The highest BCUT2D eigenvalue weighted by atomic mass is 32.2. The molecule has 0 radical (unpaired) electrons. The molecule has 0 saturated carbocycles. The maximum atomic E-state index is 14.6. The molecule has 0 aliphatic carbocycles. The lowest BCUT2D eigenvalue weighted by atomic mass is 10.0. The first-order valence-electron chi connectivity index (χ1n) is 15.6. The molecule has 8 heteroatoms. The van der Waals surface area contributed by atoms with Crippen molar-refractivity contribution in [3.63, 3.8) is 0 Å². The van der Waals surface area contributed by atoms with Crippen molar-refractivity contribution in [3.8, 4) is 0 Å². The molecule has 0 heterocycles. The van der Waals surface area contributed by atoms with E-state index in [1.54, 1.807) is 30.3 Å². The molecule has 46 heavy (non-hydrogen) atoms. The molecule has 0 bridgehead atoms. The minimum Gasteiger partial charge on any atom is -0.350 e. The third-order valence-electron chi connectivity index (χ3n) is 7.66. The molecule has 4 rings (SSSR count). The van der Waals surface area contributed by atoms with E-state index in [0.717, 1.165) is 26.6 Å². The summed E-state index contributed by atoms with van der Waals surface area (Å²) >= 11 is 0. The Bertz CT molecular complexity index is 1720. The zero-order valence-electron chi connectivity index (χ0n) is 27.6. The predicted molar refractivity (Wildman–Crippen MR) is 185 cm³/mol. The molecule has 0 spiro atoms. The summed E-state index contributed by atoms with van der Waals surface area (Å²) in [5, 5.41) is 3.07. The Labute approximate surface area is 274 Å². The van der Waals surface area contributed by atoms with E-state index in [9.17, 15) is 18.0 Å². The summed E-state index contributed by atoms with van der Waals surface area (Å²) in [5.41, 5.74) is 3.61. The molecule has 0 aromatic heterocycles. The van der Waals surface area contributed by atoms with Crippen LogP contribution in [0.2, 0.25) is 0 Å². The number of anilines is 1. The van der Waals surface area contributed by atoms with Crippen molar-refractivity contribution >= 4 is 27.5 Å². The Morgan fingerprint density at radius 2 is 1.37 bits per heavy atom. The molecule has 0 unspecified atom stereocenters. The first-order valence-corrected chi connectivity index (χ1v) is 17.1. The Hall–Kier alpha value is -4.43. The first kappa shape index (κ1) is 34.4. The number of nitrogens with one attached hydrogen (secondary N) is 1. The molecular formula is C38H45N3O4S. The van der Waals surface area contributed by atoms with Gasteiger partial charge >= 0.3 is 0 Å². The molecule has 0 aliphatic rings. The topological polar surface area (TPSA) is 86.8 Å². The maximum absolute atomic E-state index is 14.6. The van der Waals surface area contributed by atoms with Crippen LogP contribution in [0.15, 0.2) is 114 Å². The van der Waals surface area contributed by atoms with E-state index in [1.807, 2.05) is 94.4 Å². The van der Waals surface area contributed by atoms with Crippen molar-refractivity contribution in [1.29, 1.82) is 0 Å². The molecule has 0 fully saturated rings. The fourth-order valence-electron chi connectivity index (χ4n) is 5.29. The highest BCUT2D eigenvalue weighted by Gasteiger charge is 2.35. The third-order valence-corrected chi connectivity index (χ3v) is 9.45. The summed E-state index contributed by atoms with van der Waals surface area (Å²) in [6.07, 6.45) is 0.259. The normalized spacial score (nSPS) is 12.4.